The van der Waals surface area contributed by atoms with Crippen molar-refractivity contribution in [1.29, 1.82) is 0 Å². The van der Waals surface area contributed by atoms with Crippen molar-refractivity contribution in [2.75, 3.05) is 0 Å². The Balaban J connectivity index is 0.00000200. The SMILES string of the molecule is Cc1cc(CNCc2ccccc2OC(F)F)no1.Cl. The molecule has 0 saturated heterocycles. The van der Waals surface area contributed by atoms with Gasteiger partial charge in [0, 0.05) is 24.7 Å². The van der Waals surface area contributed by atoms with E-state index < -0.39 is 6.61 Å². The van der Waals surface area contributed by atoms with E-state index in [-0.39, 0.29) is 18.2 Å². The summed E-state index contributed by atoms with van der Waals surface area (Å²) in [6.45, 7) is -0.100. The second-order valence-corrected chi connectivity index (χ2v) is 4.02. The van der Waals surface area contributed by atoms with Crippen LogP contribution in [0.5, 0.6) is 5.75 Å². The van der Waals surface area contributed by atoms with Crippen molar-refractivity contribution in [3.05, 3.63) is 47.3 Å². The normalized spacial score (nSPS) is 10.4. The highest BCUT2D eigenvalue weighted by Crippen LogP contribution is 2.20. The van der Waals surface area contributed by atoms with Crippen molar-refractivity contribution in [2.45, 2.75) is 26.6 Å². The van der Waals surface area contributed by atoms with E-state index in [9.17, 15) is 8.78 Å². The molecule has 110 valence electrons. The van der Waals surface area contributed by atoms with Crippen molar-refractivity contribution in [3.8, 4) is 5.75 Å². The number of hydrogen-bond donors (Lipinski definition) is 1. The third kappa shape index (κ3) is 4.79. The highest BCUT2D eigenvalue weighted by Gasteiger charge is 2.08. The van der Waals surface area contributed by atoms with Crippen LogP contribution in [0.1, 0.15) is 17.0 Å². The Bertz CT molecular complexity index is 535. The Hall–Kier alpha value is -1.66. The zero-order valence-electron chi connectivity index (χ0n) is 10.8. The van der Waals surface area contributed by atoms with E-state index in [1.165, 1.54) is 6.07 Å². The monoisotopic (exact) mass is 304 g/mol. The number of aryl methyl sites for hydroxylation is 1. The molecule has 0 atom stereocenters. The molecule has 0 aliphatic carbocycles. The van der Waals surface area contributed by atoms with Gasteiger partial charge in [0.2, 0.25) is 0 Å². The molecule has 1 aromatic heterocycles. The quantitative estimate of drug-likeness (QED) is 0.889. The van der Waals surface area contributed by atoms with Crippen molar-refractivity contribution in [2.24, 2.45) is 0 Å². The predicted octanol–water partition coefficient (Wildman–Crippen LogP) is 3.30. The lowest BCUT2D eigenvalue weighted by Gasteiger charge is -2.10. The molecule has 0 aliphatic rings. The number of alkyl halides is 2. The fourth-order valence-corrected chi connectivity index (χ4v) is 1.69. The summed E-state index contributed by atoms with van der Waals surface area (Å²) < 4.78 is 33.8. The summed E-state index contributed by atoms with van der Waals surface area (Å²) in [4.78, 5) is 0. The smallest absolute Gasteiger partial charge is 0.387 e. The number of para-hydroxylation sites is 1. The first-order valence-electron chi connectivity index (χ1n) is 5.81. The van der Waals surface area contributed by atoms with Crippen LogP contribution in [0.4, 0.5) is 8.78 Å². The Morgan fingerprint density at radius 3 is 2.70 bits per heavy atom. The van der Waals surface area contributed by atoms with Gasteiger partial charge in [0.05, 0.1) is 5.69 Å². The summed E-state index contributed by atoms with van der Waals surface area (Å²) in [5.74, 6) is 0.916. The van der Waals surface area contributed by atoms with Crippen LogP contribution in [0.25, 0.3) is 0 Å². The molecular weight excluding hydrogens is 290 g/mol. The minimum Gasteiger partial charge on any atom is -0.434 e. The Labute approximate surface area is 121 Å². The maximum absolute atomic E-state index is 12.2. The van der Waals surface area contributed by atoms with Gasteiger partial charge in [-0.05, 0) is 13.0 Å². The zero-order chi connectivity index (χ0) is 13.7. The molecule has 0 amide bonds. The van der Waals surface area contributed by atoms with Crippen LogP contribution in [0.15, 0.2) is 34.9 Å². The van der Waals surface area contributed by atoms with E-state index in [1.54, 1.807) is 18.2 Å². The third-order valence-electron chi connectivity index (χ3n) is 2.49. The molecular formula is C13H15ClF2N2O2. The molecule has 0 aliphatic heterocycles. The lowest BCUT2D eigenvalue weighted by molar-refractivity contribution is -0.0505. The second kappa shape index (κ2) is 7.81. The van der Waals surface area contributed by atoms with Crippen molar-refractivity contribution < 1.29 is 18.0 Å². The summed E-state index contributed by atoms with van der Waals surface area (Å²) in [7, 11) is 0. The topological polar surface area (TPSA) is 47.3 Å². The molecule has 2 rings (SSSR count). The molecule has 0 spiro atoms. The highest BCUT2D eigenvalue weighted by atomic mass is 35.5. The van der Waals surface area contributed by atoms with Crippen LogP contribution in [-0.4, -0.2) is 11.8 Å². The van der Waals surface area contributed by atoms with Gasteiger partial charge in [0.15, 0.2) is 0 Å². The Morgan fingerprint density at radius 2 is 2.05 bits per heavy atom. The first-order chi connectivity index (χ1) is 9.15. The lowest BCUT2D eigenvalue weighted by Crippen LogP contribution is -2.14. The number of halogens is 3. The predicted molar refractivity (Wildman–Crippen MR) is 72.1 cm³/mol. The molecule has 1 aromatic carbocycles. The van der Waals surface area contributed by atoms with Gasteiger partial charge in [-0.3, -0.25) is 0 Å². The van der Waals surface area contributed by atoms with Gasteiger partial charge in [-0.2, -0.15) is 8.78 Å². The first-order valence-corrected chi connectivity index (χ1v) is 5.81. The Kier molecular flexibility index (Phi) is 6.41. The van der Waals surface area contributed by atoms with Crippen LogP contribution in [-0.2, 0) is 13.1 Å². The van der Waals surface area contributed by atoms with Gasteiger partial charge in [0.25, 0.3) is 0 Å². The average Bonchev–Trinajstić information content (AvgIpc) is 2.77. The van der Waals surface area contributed by atoms with Gasteiger partial charge in [-0.25, -0.2) is 0 Å². The summed E-state index contributed by atoms with van der Waals surface area (Å²) in [5.41, 5.74) is 1.44. The molecule has 0 fully saturated rings. The fraction of sp³-hybridized carbons (Fsp3) is 0.308. The van der Waals surface area contributed by atoms with Crippen molar-refractivity contribution in [3.63, 3.8) is 0 Å². The van der Waals surface area contributed by atoms with Crippen LogP contribution < -0.4 is 10.1 Å². The number of rotatable bonds is 6. The number of benzene rings is 1. The van der Waals surface area contributed by atoms with Crippen LogP contribution in [0.3, 0.4) is 0 Å². The Morgan fingerprint density at radius 1 is 1.30 bits per heavy atom. The third-order valence-corrected chi connectivity index (χ3v) is 2.49. The molecule has 2 aromatic rings. The molecule has 0 unspecified atom stereocenters. The number of nitrogens with one attached hydrogen (secondary N) is 1. The van der Waals surface area contributed by atoms with E-state index in [4.69, 9.17) is 4.52 Å². The molecule has 1 heterocycles. The van der Waals surface area contributed by atoms with Crippen LogP contribution in [0.2, 0.25) is 0 Å². The van der Waals surface area contributed by atoms with E-state index >= 15 is 0 Å². The standard InChI is InChI=1S/C13H14F2N2O2.ClH/c1-9-6-11(17-19-9)8-16-7-10-4-2-3-5-12(10)18-13(14)15;/h2-6,13,16H,7-8H2,1H3;1H. The largest absolute Gasteiger partial charge is 0.434 e. The molecule has 0 saturated carbocycles. The van der Waals surface area contributed by atoms with Crippen molar-refractivity contribution in [1.82, 2.24) is 10.5 Å². The molecule has 0 radical (unpaired) electrons. The van der Waals surface area contributed by atoms with Crippen molar-refractivity contribution >= 4 is 12.4 Å². The van der Waals surface area contributed by atoms with E-state index in [0.29, 0.717) is 18.7 Å². The highest BCUT2D eigenvalue weighted by molar-refractivity contribution is 5.85. The van der Waals surface area contributed by atoms with Crippen LogP contribution in [0, 0.1) is 6.92 Å². The summed E-state index contributed by atoms with van der Waals surface area (Å²) >= 11 is 0. The maximum Gasteiger partial charge on any atom is 0.387 e. The molecule has 1 N–H and O–H groups in total. The average molecular weight is 305 g/mol. The summed E-state index contributed by atoms with van der Waals surface area (Å²) in [5, 5.41) is 6.93. The van der Waals surface area contributed by atoms with E-state index in [0.717, 1.165) is 11.5 Å². The second-order valence-electron chi connectivity index (χ2n) is 4.02. The first kappa shape index (κ1) is 16.4. The van der Waals surface area contributed by atoms with Gasteiger partial charge in [-0.1, -0.05) is 23.4 Å². The van der Waals surface area contributed by atoms with Gasteiger partial charge >= 0.3 is 6.61 Å². The summed E-state index contributed by atoms with van der Waals surface area (Å²) in [6, 6.07) is 8.49. The van der Waals surface area contributed by atoms with Gasteiger partial charge in [-0.15, -0.1) is 12.4 Å². The lowest BCUT2D eigenvalue weighted by atomic mass is 10.2. The van der Waals surface area contributed by atoms with E-state index in [1.807, 2.05) is 13.0 Å². The minimum atomic E-state index is -2.82. The molecule has 20 heavy (non-hydrogen) atoms. The molecule has 4 nitrogen and oxygen atoms in total. The van der Waals surface area contributed by atoms with E-state index in [2.05, 4.69) is 15.2 Å². The molecule has 7 heteroatoms. The number of nitrogens with zero attached hydrogens (tertiary/aromatic N) is 1. The summed E-state index contributed by atoms with van der Waals surface area (Å²) in [6.07, 6.45) is 0. The van der Waals surface area contributed by atoms with Gasteiger partial charge < -0.3 is 14.6 Å². The molecule has 0 bridgehead atoms. The fourth-order valence-electron chi connectivity index (χ4n) is 1.69. The van der Waals surface area contributed by atoms with Gasteiger partial charge in [0.1, 0.15) is 11.5 Å². The number of ether oxygens (including phenoxy) is 1. The minimum absolute atomic E-state index is 0. The zero-order valence-corrected chi connectivity index (χ0v) is 11.6. The number of hydrogen-bond acceptors (Lipinski definition) is 4. The van der Waals surface area contributed by atoms with Crippen LogP contribution >= 0.6 is 12.4 Å². The maximum atomic E-state index is 12.2. The number of aromatic nitrogens is 1.